The van der Waals surface area contributed by atoms with E-state index in [2.05, 4.69) is 10.4 Å². The van der Waals surface area contributed by atoms with Crippen LogP contribution in [0.3, 0.4) is 0 Å². The lowest BCUT2D eigenvalue weighted by Gasteiger charge is -2.12. The van der Waals surface area contributed by atoms with Crippen molar-refractivity contribution in [1.29, 1.82) is 0 Å². The summed E-state index contributed by atoms with van der Waals surface area (Å²) in [5.74, 6) is -3.03. The Morgan fingerprint density at radius 2 is 1.71 bits per heavy atom. The van der Waals surface area contributed by atoms with Gasteiger partial charge in [0, 0.05) is 39.6 Å². The number of hydrogen-bond donors (Lipinski definition) is 1. The van der Waals surface area contributed by atoms with E-state index in [1.165, 1.54) is 24.3 Å². The second kappa shape index (κ2) is 10.3. The number of amides is 2. The molecule has 34 heavy (non-hydrogen) atoms. The van der Waals surface area contributed by atoms with Crippen molar-refractivity contribution in [1.82, 2.24) is 4.53 Å². The molecule has 182 valence electrons. The van der Waals surface area contributed by atoms with Crippen molar-refractivity contribution >= 4 is 93.5 Å². The number of anilines is 1. The maximum atomic E-state index is 12.8. The second-order valence-electron chi connectivity index (χ2n) is 7.20. The summed E-state index contributed by atoms with van der Waals surface area (Å²) in [5.41, 5.74) is 0.501. The average Bonchev–Trinajstić information content (AvgIpc) is 3.29. The van der Waals surface area contributed by atoms with Crippen LogP contribution >= 0.6 is 69.8 Å². The lowest BCUT2D eigenvalue weighted by molar-refractivity contribution is -0.120. The van der Waals surface area contributed by atoms with Gasteiger partial charge in [-0.15, -0.1) is 27.7 Å². The highest BCUT2D eigenvalue weighted by atomic mass is 35.5. The smallest absolute Gasteiger partial charge is 0.326 e. The van der Waals surface area contributed by atoms with Crippen LogP contribution in [0.4, 0.5) is 18.9 Å². The van der Waals surface area contributed by atoms with Crippen LogP contribution < -0.4 is 5.32 Å². The lowest BCUT2D eigenvalue weighted by Crippen LogP contribution is -2.20. The molecule has 0 heterocycles. The number of hydrogen-bond acceptors (Lipinski definition) is 3. The van der Waals surface area contributed by atoms with Gasteiger partial charge < -0.3 is 5.32 Å². The van der Waals surface area contributed by atoms with Crippen LogP contribution in [-0.2, 0) is 4.79 Å². The third kappa shape index (κ3) is 6.42. The van der Waals surface area contributed by atoms with E-state index in [0.717, 1.165) is 0 Å². The molecule has 2 unspecified atom stereocenters. The van der Waals surface area contributed by atoms with Crippen molar-refractivity contribution in [2.75, 3.05) is 5.32 Å². The zero-order chi connectivity index (χ0) is 25.4. The van der Waals surface area contributed by atoms with E-state index in [-0.39, 0.29) is 20.8 Å². The minimum absolute atomic E-state index is 0.0680. The largest absolute Gasteiger partial charge is 0.394 e. The van der Waals surface area contributed by atoms with Crippen LogP contribution in [0.2, 0.25) is 15.1 Å². The minimum atomic E-state index is -4.51. The van der Waals surface area contributed by atoms with Crippen molar-refractivity contribution in [3.63, 3.8) is 0 Å². The number of hydrazone groups is 1. The summed E-state index contributed by atoms with van der Waals surface area (Å²) in [6.07, 6.45) is -5.46. The minimum Gasteiger partial charge on any atom is -0.326 e. The Bertz CT molecular complexity index is 1140. The number of rotatable bonds is 6. The van der Waals surface area contributed by atoms with Gasteiger partial charge in [0.15, 0.2) is 0 Å². The highest BCUT2D eigenvalue weighted by Crippen LogP contribution is 2.65. The summed E-state index contributed by atoms with van der Waals surface area (Å²) in [6, 6.07) is 8.60. The molecule has 0 radical (unpaired) electrons. The van der Waals surface area contributed by atoms with Gasteiger partial charge in [0.2, 0.25) is 5.91 Å². The summed E-state index contributed by atoms with van der Waals surface area (Å²) < 4.78 is 35.5. The number of alkyl halides is 5. The zero-order valence-corrected chi connectivity index (χ0v) is 21.1. The van der Waals surface area contributed by atoms with E-state index in [4.69, 9.17) is 69.8 Å². The molecule has 2 amide bonds. The van der Waals surface area contributed by atoms with E-state index >= 15 is 0 Å². The maximum Gasteiger partial charge on any atom is 0.394 e. The first-order valence-corrected chi connectivity index (χ1v) is 11.5. The fourth-order valence-electron chi connectivity index (χ4n) is 3.18. The number of carbonyl (C=O) groups is 2. The molecule has 2 aromatic rings. The van der Waals surface area contributed by atoms with Crippen LogP contribution in [0.15, 0.2) is 41.5 Å². The molecule has 0 saturated heterocycles. The lowest BCUT2D eigenvalue weighted by atomic mass is 10.1. The summed E-state index contributed by atoms with van der Waals surface area (Å²) in [5, 5.41) is 6.44. The van der Waals surface area contributed by atoms with Gasteiger partial charge >= 0.3 is 6.18 Å². The number of nitrogens with one attached hydrogen (secondary N) is 1. The molecule has 0 spiro atoms. The molecule has 5 nitrogen and oxygen atoms in total. The SMILES string of the molecule is O=C(Nc1ccc(Cl)c(C(=O)N(Cl)/N=C/CC(F)(F)F)c1)C1C(c2cc(Cl)cc(Cl)c2)C1(Cl)Cl. The monoisotopic (exact) mass is 593 g/mol. The molecule has 3 rings (SSSR count). The summed E-state index contributed by atoms with van der Waals surface area (Å²) in [4.78, 5) is 25.3. The number of carbonyl (C=O) groups excluding carboxylic acids is 2. The molecule has 0 bridgehead atoms. The third-order valence-electron chi connectivity index (χ3n) is 4.72. The van der Waals surface area contributed by atoms with E-state index < -0.39 is 40.6 Å². The molecule has 1 aliphatic carbocycles. The summed E-state index contributed by atoms with van der Waals surface area (Å²) in [6.45, 7) is 0. The topological polar surface area (TPSA) is 61.8 Å². The first-order chi connectivity index (χ1) is 15.7. The maximum absolute atomic E-state index is 12.8. The Kier molecular flexibility index (Phi) is 8.22. The van der Waals surface area contributed by atoms with Crippen LogP contribution in [0, 0.1) is 5.92 Å². The fraction of sp³-hybridized carbons (Fsp3) is 0.250. The third-order valence-corrected chi connectivity index (χ3v) is 6.66. The molecule has 1 fully saturated rings. The molecule has 14 heteroatoms. The summed E-state index contributed by atoms with van der Waals surface area (Å²) in [7, 11) is 0. The molecule has 1 aliphatic rings. The predicted molar refractivity (Wildman–Crippen MR) is 128 cm³/mol. The van der Waals surface area contributed by atoms with Crippen molar-refractivity contribution in [2.45, 2.75) is 22.8 Å². The first-order valence-electron chi connectivity index (χ1n) is 9.24. The van der Waals surface area contributed by atoms with Crippen LogP contribution in [-0.4, -0.2) is 33.1 Å². The van der Waals surface area contributed by atoms with Gasteiger partial charge in [-0.05, 0) is 42.0 Å². The fourth-order valence-corrected chi connectivity index (χ4v) is 4.90. The van der Waals surface area contributed by atoms with E-state index in [1.54, 1.807) is 12.1 Å². The van der Waals surface area contributed by atoms with E-state index in [9.17, 15) is 22.8 Å². The Morgan fingerprint density at radius 1 is 1.09 bits per heavy atom. The van der Waals surface area contributed by atoms with Gasteiger partial charge in [0.05, 0.1) is 22.9 Å². The molecule has 2 atom stereocenters. The Morgan fingerprint density at radius 3 is 2.29 bits per heavy atom. The second-order valence-corrected chi connectivity index (χ2v) is 10.2. The predicted octanol–water partition coefficient (Wildman–Crippen LogP) is 7.71. The van der Waals surface area contributed by atoms with Crippen molar-refractivity contribution in [3.8, 4) is 0 Å². The van der Waals surface area contributed by atoms with Gasteiger partial charge in [0.25, 0.3) is 5.91 Å². The molecule has 1 N–H and O–H groups in total. The molecular weight excluding hydrogens is 584 g/mol. The number of halogens is 9. The molecule has 2 aromatic carbocycles. The normalized spacial score (nSPS) is 19.2. The van der Waals surface area contributed by atoms with Crippen LogP contribution in [0.1, 0.15) is 28.3 Å². The Hall–Kier alpha value is -1.42. The van der Waals surface area contributed by atoms with Crippen LogP contribution in [0.5, 0.6) is 0 Å². The zero-order valence-electron chi connectivity index (χ0n) is 16.5. The highest BCUT2D eigenvalue weighted by Gasteiger charge is 2.67. The Labute approximate surface area is 221 Å². The molecular formula is C20H12Cl6F3N3O2. The van der Waals surface area contributed by atoms with Crippen molar-refractivity contribution < 1.29 is 22.8 Å². The number of nitrogens with zero attached hydrogens (tertiary/aromatic N) is 2. The number of benzene rings is 2. The van der Waals surface area contributed by atoms with E-state index in [1.807, 2.05) is 0 Å². The highest BCUT2D eigenvalue weighted by molar-refractivity contribution is 6.53. The molecule has 0 aliphatic heterocycles. The Balaban J connectivity index is 1.75. The van der Waals surface area contributed by atoms with Crippen molar-refractivity contribution in [3.05, 3.63) is 62.6 Å². The molecule has 0 aromatic heterocycles. The quantitative estimate of drug-likeness (QED) is 0.161. The van der Waals surface area contributed by atoms with Crippen LogP contribution in [0.25, 0.3) is 0 Å². The van der Waals surface area contributed by atoms with Crippen molar-refractivity contribution in [2.24, 2.45) is 11.0 Å². The standard InChI is InChI=1S/C20H12Cl6F3N3O2/c21-10-5-9(6-11(22)7-10)15-16(20(15,24)25)17(33)31-12-1-2-14(23)13(8-12)18(34)32(26)30-4-3-19(27,28)29/h1-2,4-8,15-16H,3H2,(H,31,33)/b30-4+. The van der Waals surface area contributed by atoms with Gasteiger partial charge in [-0.25, -0.2) is 0 Å². The average molecular weight is 596 g/mol. The first kappa shape index (κ1) is 27.2. The van der Waals surface area contributed by atoms with Gasteiger partial charge in [0.1, 0.15) is 4.33 Å². The van der Waals surface area contributed by atoms with Gasteiger partial charge in [-0.2, -0.15) is 18.3 Å². The van der Waals surface area contributed by atoms with E-state index in [0.29, 0.717) is 21.8 Å². The summed E-state index contributed by atoms with van der Waals surface area (Å²) >= 11 is 36.4. The molecule has 1 saturated carbocycles. The van der Waals surface area contributed by atoms with Gasteiger partial charge in [-0.3, -0.25) is 9.59 Å². The van der Waals surface area contributed by atoms with Gasteiger partial charge in [-0.1, -0.05) is 34.8 Å².